The van der Waals surface area contributed by atoms with Crippen LogP contribution < -0.4 is 15.2 Å². The molecule has 1 unspecified atom stereocenters. The summed E-state index contributed by atoms with van der Waals surface area (Å²) in [6, 6.07) is 4.08. The number of nitrogens with two attached hydrogens (primary N) is 1. The van der Waals surface area contributed by atoms with E-state index in [1.807, 2.05) is 12.1 Å². The van der Waals surface area contributed by atoms with Crippen LogP contribution in [0.15, 0.2) is 16.6 Å². The molecule has 0 radical (unpaired) electrons. The minimum atomic E-state index is 0.0419. The van der Waals surface area contributed by atoms with E-state index in [1.54, 1.807) is 0 Å². The molecule has 1 fully saturated rings. The highest BCUT2D eigenvalue weighted by atomic mass is 79.9. The molecule has 2 aliphatic rings. The van der Waals surface area contributed by atoms with Crippen molar-refractivity contribution in [1.29, 1.82) is 0 Å². The van der Waals surface area contributed by atoms with E-state index < -0.39 is 0 Å². The van der Waals surface area contributed by atoms with E-state index in [0.717, 1.165) is 21.5 Å². The second kappa shape index (κ2) is 4.98. The van der Waals surface area contributed by atoms with Crippen LogP contribution >= 0.6 is 15.9 Å². The first kappa shape index (κ1) is 13.3. The number of rotatable bonds is 2. The van der Waals surface area contributed by atoms with Crippen molar-refractivity contribution in [1.82, 2.24) is 0 Å². The zero-order valence-electron chi connectivity index (χ0n) is 11.2. The Morgan fingerprint density at radius 1 is 1.16 bits per heavy atom. The minimum Gasteiger partial charge on any atom is -0.486 e. The number of hydrogen-bond donors (Lipinski definition) is 1. The third-order valence-electron chi connectivity index (χ3n) is 4.49. The molecule has 3 rings (SSSR count). The first-order valence-corrected chi connectivity index (χ1v) is 7.74. The van der Waals surface area contributed by atoms with Gasteiger partial charge in [0.2, 0.25) is 0 Å². The van der Waals surface area contributed by atoms with Crippen molar-refractivity contribution in [2.24, 2.45) is 11.1 Å². The number of ether oxygens (including phenoxy) is 2. The molecule has 1 aromatic rings. The van der Waals surface area contributed by atoms with Crippen LogP contribution in [-0.2, 0) is 0 Å². The first-order chi connectivity index (χ1) is 9.10. The highest BCUT2D eigenvalue weighted by molar-refractivity contribution is 9.10. The summed E-state index contributed by atoms with van der Waals surface area (Å²) in [5.41, 5.74) is 7.88. The predicted molar refractivity (Wildman–Crippen MR) is 78.6 cm³/mol. The Morgan fingerprint density at radius 2 is 1.74 bits per heavy atom. The maximum atomic E-state index is 6.54. The lowest BCUT2D eigenvalue weighted by atomic mass is 9.78. The van der Waals surface area contributed by atoms with Gasteiger partial charge >= 0.3 is 0 Å². The molecular weight excluding hydrogens is 306 g/mol. The van der Waals surface area contributed by atoms with Crippen LogP contribution in [0.1, 0.15) is 44.2 Å². The lowest BCUT2D eigenvalue weighted by molar-refractivity contribution is 0.170. The van der Waals surface area contributed by atoms with Crippen molar-refractivity contribution in [2.45, 2.75) is 38.6 Å². The molecule has 1 aliphatic heterocycles. The Labute approximate surface area is 122 Å². The number of fused-ring (bicyclic) bond motifs is 1. The van der Waals surface area contributed by atoms with E-state index in [0.29, 0.717) is 13.2 Å². The standard InChI is InChI=1S/C15H20BrNO2/c1-15(4-2-3-5-15)14(17)10-8-12-13(9-11(10)16)19-7-6-18-12/h8-9,14H,2-7,17H2,1H3. The Bertz CT molecular complexity index is 483. The fourth-order valence-corrected chi connectivity index (χ4v) is 3.76. The molecule has 2 N–H and O–H groups in total. The van der Waals surface area contributed by atoms with E-state index in [-0.39, 0.29) is 11.5 Å². The van der Waals surface area contributed by atoms with Crippen LogP contribution in [0.5, 0.6) is 11.5 Å². The van der Waals surface area contributed by atoms with Gasteiger partial charge in [0.1, 0.15) is 13.2 Å². The molecule has 0 saturated heterocycles. The molecule has 0 amide bonds. The Morgan fingerprint density at radius 3 is 2.37 bits per heavy atom. The topological polar surface area (TPSA) is 44.5 Å². The number of benzene rings is 1. The Hall–Kier alpha value is -0.740. The highest BCUT2D eigenvalue weighted by Crippen LogP contribution is 2.49. The normalized spacial score (nSPS) is 22.3. The van der Waals surface area contributed by atoms with Crippen LogP contribution in [0.2, 0.25) is 0 Å². The largest absolute Gasteiger partial charge is 0.486 e. The van der Waals surface area contributed by atoms with Crippen molar-refractivity contribution in [2.75, 3.05) is 13.2 Å². The molecule has 4 heteroatoms. The Balaban J connectivity index is 1.95. The minimum absolute atomic E-state index is 0.0419. The average molecular weight is 326 g/mol. The highest BCUT2D eigenvalue weighted by Gasteiger charge is 2.37. The van der Waals surface area contributed by atoms with Crippen LogP contribution in [0.3, 0.4) is 0 Å². The molecule has 1 saturated carbocycles. The van der Waals surface area contributed by atoms with Gasteiger partial charge in [0.15, 0.2) is 11.5 Å². The van der Waals surface area contributed by atoms with Gasteiger partial charge < -0.3 is 15.2 Å². The van der Waals surface area contributed by atoms with Gasteiger partial charge in [0.05, 0.1) is 0 Å². The molecule has 19 heavy (non-hydrogen) atoms. The second-order valence-corrected chi connectivity index (χ2v) is 6.71. The van der Waals surface area contributed by atoms with Crippen LogP contribution in [0.4, 0.5) is 0 Å². The fraction of sp³-hybridized carbons (Fsp3) is 0.600. The smallest absolute Gasteiger partial charge is 0.162 e. The third-order valence-corrected chi connectivity index (χ3v) is 5.18. The van der Waals surface area contributed by atoms with Crippen molar-refractivity contribution in [3.05, 3.63) is 22.2 Å². The Kier molecular flexibility index (Phi) is 3.48. The van der Waals surface area contributed by atoms with Crippen LogP contribution in [0, 0.1) is 5.41 Å². The molecule has 0 spiro atoms. The van der Waals surface area contributed by atoms with Gasteiger partial charge in [-0.1, -0.05) is 35.7 Å². The molecule has 0 aromatic heterocycles. The SMILES string of the molecule is CC1(C(N)c2cc3c(cc2Br)OCCO3)CCCC1. The molecule has 1 aliphatic carbocycles. The summed E-state index contributed by atoms with van der Waals surface area (Å²) in [5, 5.41) is 0. The van der Waals surface area contributed by atoms with Gasteiger partial charge in [-0.2, -0.15) is 0 Å². The zero-order valence-corrected chi connectivity index (χ0v) is 12.8. The van der Waals surface area contributed by atoms with E-state index in [2.05, 4.69) is 22.9 Å². The summed E-state index contributed by atoms with van der Waals surface area (Å²) >= 11 is 3.63. The summed E-state index contributed by atoms with van der Waals surface area (Å²) in [4.78, 5) is 0. The predicted octanol–water partition coefficient (Wildman–Crippen LogP) is 3.80. The van der Waals surface area contributed by atoms with Crippen molar-refractivity contribution in [3.63, 3.8) is 0 Å². The summed E-state index contributed by atoms with van der Waals surface area (Å²) < 4.78 is 12.3. The monoisotopic (exact) mass is 325 g/mol. The van der Waals surface area contributed by atoms with Crippen LogP contribution in [-0.4, -0.2) is 13.2 Å². The van der Waals surface area contributed by atoms with Gasteiger partial charge in [-0.05, 0) is 36.0 Å². The van der Waals surface area contributed by atoms with Gasteiger partial charge in [-0.25, -0.2) is 0 Å². The van der Waals surface area contributed by atoms with Crippen LogP contribution in [0.25, 0.3) is 0 Å². The molecule has 1 heterocycles. The lowest BCUT2D eigenvalue weighted by Gasteiger charge is -2.33. The van der Waals surface area contributed by atoms with Gasteiger partial charge in [-0.15, -0.1) is 0 Å². The van der Waals surface area contributed by atoms with Crippen molar-refractivity contribution < 1.29 is 9.47 Å². The first-order valence-electron chi connectivity index (χ1n) is 6.95. The fourth-order valence-electron chi connectivity index (χ4n) is 3.19. The number of halogens is 1. The average Bonchev–Trinajstić information content (AvgIpc) is 2.85. The summed E-state index contributed by atoms with van der Waals surface area (Å²) in [5.74, 6) is 1.63. The molecule has 104 valence electrons. The summed E-state index contributed by atoms with van der Waals surface area (Å²) in [6.45, 7) is 3.52. The van der Waals surface area contributed by atoms with E-state index in [1.165, 1.54) is 25.7 Å². The van der Waals surface area contributed by atoms with Gasteiger partial charge in [-0.3, -0.25) is 0 Å². The molecule has 0 bridgehead atoms. The van der Waals surface area contributed by atoms with Crippen molar-refractivity contribution in [3.8, 4) is 11.5 Å². The molecule has 1 aromatic carbocycles. The summed E-state index contributed by atoms with van der Waals surface area (Å²) in [7, 11) is 0. The van der Waals surface area contributed by atoms with E-state index in [4.69, 9.17) is 15.2 Å². The third kappa shape index (κ3) is 2.36. The number of hydrogen-bond acceptors (Lipinski definition) is 3. The quantitative estimate of drug-likeness (QED) is 0.899. The molecular formula is C15H20BrNO2. The maximum absolute atomic E-state index is 6.54. The second-order valence-electron chi connectivity index (χ2n) is 5.86. The maximum Gasteiger partial charge on any atom is 0.162 e. The molecule has 3 nitrogen and oxygen atoms in total. The summed E-state index contributed by atoms with van der Waals surface area (Å²) in [6.07, 6.45) is 4.98. The van der Waals surface area contributed by atoms with E-state index in [9.17, 15) is 0 Å². The van der Waals surface area contributed by atoms with Crippen molar-refractivity contribution >= 4 is 15.9 Å². The van der Waals surface area contributed by atoms with E-state index >= 15 is 0 Å². The lowest BCUT2D eigenvalue weighted by Crippen LogP contribution is -2.30. The van der Waals surface area contributed by atoms with Gasteiger partial charge in [0.25, 0.3) is 0 Å². The molecule has 1 atom stereocenters. The zero-order chi connectivity index (χ0) is 13.5. The van der Waals surface area contributed by atoms with Gasteiger partial charge in [0, 0.05) is 10.5 Å².